The number of nitrogens with zero attached hydrogens (tertiary/aromatic N) is 1. The van der Waals surface area contributed by atoms with E-state index in [0.717, 1.165) is 24.8 Å². The van der Waals surface area contributed by atoms with E-state index in [1.54, 1.807) is 13.0 Å². The Labute approximate surface area is 122 Å². The van der Waals surface area contributed by atoms with Crippen LogP contribution in [0.5, 0.6) is 0 Å². The zero-order chi connectivity index (χ0) is 15.4. The van der Waals surface area contributed by atoms with E-state index in [0.29, 0.717) is 18.7 Å². The molecule has 1 aliphatic heterocycles. The fourth-order valence-electron chi connectivity index (χ4n) is 2.52. The van der Waals surface area contributed by atoms with Crippen LogP contribution < -0.4 is 5.32 Å². The van der Waals surface area contributed by atoms with E-state index in [9.17, 15) is 19.1 Å². The standard InChI is InChI=1S/C15H19FN2O3/c1-10-6-7-11(16)9-12(10)17-15(21)18-8-4-2-3-5-13(18)14(19)20/h6-7,9,13H,2-5,8H2,1H3,(H,17,21)(H,19,20). The Bertz CT molecular complexity index is 548. The van der Waals surface area contributed by atoms with Crippen molar-refractivity contribution >= 4 is 17.7 Å². The number of hydrogen-bond acceptors (Lipinski definition) is 2. The molecule has 2 N–H and O–H groups in total. The molecule has 0 saturated carbocycles. The van der Waals surface area contributed by atoms with Gasteiger partial charge in [-0.2, -0.15) is 0 Å². The number of amides is 2. The Hall–Kier alpha value is -2.11. The van der Waals surface area contributed by atoms with Crippen LogP contribution in [0.3, 0.4) is 0 Å². The highest BCUT2D eigenvalue weighted by Crippen LogP contribution is 2.21. The van der Waals surface area contributed by atoms with Gasteiger partial charge in [0.05, 0.1) is 0 Å². The molecule has 1 aliphatic rings. The molecule has 0 spiro atoms. The summed E-state index contributed by atoms with van der Waals surface area (Å²) in [5.41, 5.74) is 1.10. The van der Waals surface area contributed by atoms with Crippen LogP contribution in [0.4, 0.5) is 14.9 Å². The highest BCUT2D eigenvalue weighted by atomic mass is 19.1. The first-order chi connectivity index (χ1) is 9.99. The normalized spacial score (nSPS) is 19.0. The molecule has 21 heavy (non-hydrogen) atoms. The highest BCUT2D eigenvalue weighted by molar-refractivity contribution is 5.93. The SMILES string of the molecule is Cc1ccc(F)cc1NC(=O)N1CCCCCC1C(=O)O. The summed E-state index contributed by atoms with van der Waals surface area (Å²) in [5, 5.41) is 11.9. The van der Waals surface area contributed by atoms with Crippen molar-refractivity contribution in [2.45, 2.75) is 38.6 Å². The minimum Gasteiger partial charge on any atom is -0.480 e. The smallest absolute Gasteiger partial charge is 0.326 e. The van der Waals surface area contributed by atoms with Gasteiger partial charge in [-0.15, -0.1) is 0 Å². The fraction of sp³-hybridized carbons (Fsp3) is 0.467. The first-order valence-electron chi connectivity index (χ1n) is 7.05. The maximum Gasteiger partial charge on any atom is 0.326 e. The summed E-state index contributed by atoms with van der Waals surface area (Å²) < 4.78 is 13.3. The second-order valence-corrected chi connectivity index (χ2v) is 5.29. The average molecular weight is 294 g/mol. The number of urea groups is 1. The van der Waals surface area contributed by atoms with Gasteiger partial charge in [0.15, 0.2) is 0 Å². The number of benzene rings is 1. The Morgan fingerprint density at radius 1 is 1.33 bits per heavy atom. The quantitative estimate of drug-likeness (QED) is 0.881. The summed E-state index contributed by atoms with van der Waals surface area (Å²) in [6.45, 7) is 2.16. The van der Waals surface area contributed by atoms with Crippen molar-refractivity contribution in [2.75, 3.05) is 11.9 Å². The zero-order valence-corrected chi connectivity index (χ0v) is 11.9. The van der Waals surface area contributed by atoms with Gasteiger partial charge in [0.25, 0.3) is 0 Å². The minimum absolute atomic E-state index is 0.369. The number of carbonyl (C=O) groups is 2. The van der Waals surface area contributed by atoms with Crippen molar-refractivity contribution in [1.82, 2.24) is 4.90 Å². The molecule has 1 unspecified atom stereocenters. The molecule has 1 aromatic rings. The van der Waals surface area contributed by atoms with Gasteiger partial charge in [-0.3, -0.25) is 0 Å². The van der Waals surface area contributed by atoms with Crippen molar-refractivity contribution in [3.63, 3.8) is 0 Å². The maximum atomic E-state index is 13.3. The Morgan fingerprint density at radius 2 is 2.10 bits per heavy atom. The molecule has 6 heteroatoms. The summed E-state index contributed by atoms with van der Waals surface area (Å²) in [6.07, 6.45) is 2.93. The number of halogens is 1. The van der Waals surface area contributed by atoms with Crippen LogP contribution in [0, 0.1) is 12.7 Å². The summed E-state index contributed by atoms with van der Waals surface area (Å²) in [5.74, 6) is -1.44. The molecule has 0 radical (unpaired) electrons. The third-order valence-corrected chi connectivity index (χ3v) is 3.74. The molecular weight excluding hydrogens is 275 g/mol. The van der Waals surface area contributed by atoms with Crippen LogP contribution >= 0.6 is 0 Å². The second kappa shape index (κ2) is 6.56. The number of aryl methyl sites for hydroxylation is 1. The Kier molecular flexibility index (Phi) is 4.77. The molecule has 1 aromatic carbocycles. The third kappa shape index (κ3) is 3.71. The van der Waals surface area contributed by atoms with Crippen molar-refractivity contribution in [3.05, 3.63) is 29.6 Å². The lowest BCUT2D eigenvalue weighted by Crippen LogP contribution is -2.46. The van der Waals surface area contributed by atoms with E-state index in [-0.39, 0.29) is 0 Å². The molecule has 5 nitrogen and oxygen atoms in total. The number of carbonyl (C=O) groups excluding carboxylic acids is 1. The lowest BCUT2D eigenvalue weighted by Gasteiger charge is -2.27. The van der Waals surface area contributed by atoms with Crippen molar-refractivity contribution in [2.24, 2.45) is 0 Å². The van der Waals surface area contributed by atoms with Crippen LogP contribution in [0.1, 0.15) is 31.2 Å². The lowest BCUT2D eigenvalue weighted by molar-refractivity contribution is -0.142. The summed E-state index contributed by atoms with van der Waals surface area (Å²) in [7, 11) is 0. The molecule has 1 atom stereocenters. The van der Waals surface area contributed by atoms with Crippen molar-refractivity contribution < 1.29 is 19.1 Å². The molecule has 1 saturated heterocycles. The lowest BCUT2D eigenvalue weighted by atomic mass is 10.1. The molecule has 0 bridgehead atoms. The van der Waals surface area contributed by atoms with E-state index in [1.165, 1.54) is 17.0 Å². The van der Waals surface area contributed by atoms with Gasteiger partial charge in [0, 0.05) is 12.2 Å². The van der Waals surface area contributed by atoms with E-state index in [1.807, 2.05) is 0 Å². The fourth-order valence-corrected chi connectivity index (χ4v) is 2.52. The summed E-state index contributed by atoms with van der Waals surface area (Å²) in [4.78, 5) is 25.0. The van der Waals surface area contributed by atoms with Gasteiger partial charge in [-0.25, -0.2) is 14.0 Å². The molecule has 0 aromatic heterocycles. The molecule has 1 fully saturated rings. The van der Waals surface area contributed by atoms with Gasteiger partial charge in [-0.1, -0.05) is 18.9 Å². The van der Waals surface area contributed by atoms with E-state index in [2.05, 4.69) is 5.32 Å². The van der Waals surface area contributed by atoms with Gasteiger partial charge < -0.3 is 15.3 Å². The number of carboxylic acid groups (broad SMARTS) is 1. The van der Waals surface area contributed by atoms with E-state index in [4.69, 9.17) is 0 Å². The van der Waals surface area contributed by atoms with Crippen molar-refractivity contribution in [1.29, 1.82) is 0 Å². The monoisotopic (exact) mass is 294 g/mol. The number of likely N-dealkylation sites (tertiary alicyclic amines) is 1. The number of aliphatic carboxylic acids is 1. The van der Waals surface area contributed by atoms with Gasteiger partial charge >= 0.3 is 12.0 Å². The first kappa shape index (κ1) is 15.3. The van der Waals surface area contributed by atoms with Crippen LogP contribution in [0.15, 0.2) is 18.2 Å². The number of rotatable bonds is 2. The predicted octanol–water partition coefficient (Wildman–Crippen LogP) is 3.00. The third-order valence-electron chi connectivity index (χ3n) is 3.74. The molecule has 1 heterocycles. The largest absolute Gasteiger partial charge is 0.480 e. The topological polar surface area (TPSA) is 69.6 Å². The van der Waals surface area contributed by atoms with Crippen LogP contribution in [-0.2, 0) is 4.79 Å². The summed E-state index contributed by atoms with van der Waals surface area (Å²) >= 11 is 0. The molecule has 2 amide bonds. The second-order valence-electron chi connectivity index (χ2n) is 5.29. The number of anilines is 1. The van der Waals surface area contributed by atoms with Gasteiger partial charge in [0.2, 0.25) is 0 Å². The molecule has 2 rings (SSSR count). The Balaban J connectivity index is 2.16. The first-order valence-corrected chi connectivity index (χ1v) is 7.05. The van der Waals surface area contributed by atoms with Crippen molar-refractivity contribution in [3.8, 4) is 0 Å². The van der Waals surface area contributed by atoms with Crippen LogP contribution in [0.25, 0.3) is 0 Å². The van der Waals surface area contributed by atoms with Gasteiger partial charge in [-0.05, 0) is 37.5 Å². The Morgan fingerprint density at radius 3 is 2.81 bits per heavy atom. The minimum atomic E-state index is -0.997. The van der Waals surface area contributed by atoms with E-state index < -0.39 is 23.9 Å². The maximum absolute atomic E-state index is 13.3. The molecule has 114 valence electrons. The average Bonchev–Trinajstić information content (AvgIpc) is 2.68. The number of carboxylic acids is 1. The highest BCUT2D eigenvalue weighted by Gasteiger charge is 2.30. The van der Waals surface area contributed by atoms with E-state index >= 15 is 0 Å². The zero-order valence-electron chi connectivity index (χ0n) is 11.9. The van der Waals surface area contributed by atoms with Crippen LogP contribution in [-0.4, -0.2) is 34.6 Å². The summed E-state index contributed by atoms with van der Waals surface area (Å²) in [6, 6.07) is 2.82. The molecule has 0 aliphatic carbocycles. The predicted molar refractivity (Wildman–Crippen MR) is 76.8 cm³/mol. The van der Waals surface area contributed by atoms with Gasteiger partial charge in [0.1, 0.15) is 11.9 Å². The number of nitrogens with one attached hydrogen (secondary N) is 1. The number of hydrogen-bond donors (Lipinski definition) is 2. The molecular formula is C15H19FN2O3. The van der Waals surface area contributed by atoms with Crippen LogP contribution in [0.2, 0.25) is 0 Å².